The van der Waals surface area contributed by atoms with Crippen molar-refractivity contribution in [1.29, 1.82) is 0 Å². The summed E-state index contributed by atoms with van der Waals surface area (Å²) in [4.78, 5) is 18.0. The van der Waals surface area contributed by atoms with Crippen LogP contribution in [0.2, 0.25) is 5.02 Å². The van der Waals surface area contributed by atoms with Crippen LogP contribution in [0.1, 0.15) is 6.92 Å². The van der Waals surface area contributed by atoms with Gasteiger partial charge >= 0.3 is 0 Å². The maximum Gasteiger partial charge on any atom is 0.266 e. The Morgan fingerprint density at radius 3 is 2.48 bits per heavy atom. The van der Waals surface area contributed by atoms with Gasteiger partial charge in [-0.1, -0.05) is 47.6 Å². The van der Waals surface area contributed by atoms with Crippen molar-refractivity contribution < 1.29 is 9.47 Å². The predicted octanol–water partition coefficient (Wildman–Crippen LogP) is 5.61. The fraction of sp³-hybridized carbons (Fsp3) is 0.167. The van der Waals surface area contributed by atoms with Crippen LogP contribution in [0.5, 0.6) is 11.5 Å². The van der Waals surface area contributed by atoms with Crippen molar-refractivity contribution >= 4 is 34.3 Å². The van der Waals surface area contributed by atoms with Crippen LogP contribution in [0.3, 0.4) is 0 Å². The van der Waals surface area contributed by atoms with Crippen LogP contribution in [-0.2, 0) is 0 Å². The average Bonchev–Trinajstić information content (AvgIpc) is 2.79. The first kappa shape index (κ1) is 21.3. The van der Waals surface area contributed by atoms with Crippen LogP contribution >= 0.6 is 23.4 Å². The zero-order chi connectivity index (χ0) is 21.6. The van der Waals surface area contributed by atoms with Crippen LogP contribution < -0.4 is 15.0 Å². The molecule has 0 aliphatic heterocycles. The molecule has 0 N–H and O–H groups in total. The minimum Gasteiger partial charge on any atom is -0.494 e. The summed E-state index contributed by atoms with van der Waals surface area (Å²) in [6.45, 7) is 2.95. The Hall–Kier alpha value is -2.96. The van der Waals surface area contributed by atoms with Gasteiger partial charge in [-0.25, -0.2) is 4.98 Å². The molecule has 0 bridgehead atoms. The summed E-state index contributed by atoms with van der Waals surface area (Å²) < 4.78 is 12.9. The van der Waals surface area contributed by atoms with Gasteiger partial charge in [0.25, 0.3) is 5.56 Å². The number of ether oxygens (including phenoxy) is 2. The summed E-state index contributed by atoms with van der Waals surface area (Å²) in [6.07, 6.45) is 0. The highest BCUT2D eigenvalue weighted by Crippen LogP contribution is 2.25. The zero-order valence-electron chi connectivity index (χ0n) is 17.0. The van der Waals surface area contributed by atoms with Crippen LogP contribution in [0.4, 0.5) is 0 Å². The Morgan fingerprint density at radius 2 is 1.71 bits per heavy atom. The van der Waals surface area contributed by atoms with Crippen molar-refractivity contribution in [2.45, 2.75) is 12.1 Å². The molecule has 0 radical (unpaired) electrons. The van der Waals surface area contributed by atoms with Gasteiger partial charge in [0.1, 0.15) is 11.5 Å². The van der Waals surface area contributed by atoms with Crippen molar-refractivity contribution in [2.24, 2.45) is 0 Å². The van der Waals surface area contributed by atoms with Crippen molar-refractivity contribution in [1.82, 2.24) is 9.55 Å². The highest BCUT2D eigenvalue weighted by Gasteiger charge is 2.13. The Bertz CT molecular complexity index is 1240. The average molecular weight is 453 g/mol. The van der Waals surface area contributed by atoms with Gasteiger partial charge in [0.05, 0.1) is 34.8 Å². The lowest BCUT2D eigenvalue weighted by Gasteiger charge is -2.14. The van der Waals surface area contributed by atoms with Gasteiger partial charge in [0.15, 0.2) is 5.16 Å². The standard InChI is InChI=1S/C24H21ClN2O3S/c1-2-29-18-13-11-17(12-14-18)27-23(28)19-7-3-5-9-21(19)26-24(27)31-16-15-30-22-10-6-4-8-20(22)25/h3-14H,2,15-16H2,1H3. The number of rotatable bonds is 8. The first-order valence-corrected chi connectivity index (χ1v) is 11.3. The van der Waals surface area contributed by atoms with E-state index in [2.05, 4.69) is 0 Å². The van der Waals surface area contributed by atoms with E-state index in [9.17, 15) is 4.79 Å². The van der Waals surface area contributed by atoms with Crippen LogP contribution in [0.25, 0.3) is 16.6 Å². The molecular formula is C24H21ClN2O3S. The van der Waals surface area contributed by atoms with E-state index in [-0.39, 0.29) is 5.56 Å². The SMILES string of the molecule is CCOc1ccc(-n2c(SCCOc3ccccc3Cl)nc3ccccc3c2=O)cc1. The van der Waals surface area contributed by atoms with Crippen LogP contribution in [0, 0.1) is 0 Å². The molecular weight excluding hydrogens is 432 g/mol. The molecule has 3 aromatic carbocycles. The number of para-hydroxylation sites is 2. The topological polar surface area (TPSA) is 53.4 Å². The molecule has 4 rings (SSSR count). The molecule has 1 heterocycles. The number of hydrogen-bond donors (Lipinski definition) is 0. The van der Waals surface area contributed by atoms with Gasteiger partial charge in [-0.3, -0.25) is 9.36 Å². The molecule has 0 amide bonds. The number of hydrogen-bond acceptors (Lipinski definition) is 5. The summed E-state index contributed by atoms with van der Waals surface area (Å²) in [5.41, 5.74) is 1.30. The van der Waals surface area contributed by atoms with E-state index in [1.54, 1.807) is 16.7 Å². The molecule has 0 aliphatic rings. The number of benzene rings is 3. The zero-order valence-corrected chi connectivity index (χ0v) is 18.5. The lowest BCUT2D eigenvalue weighted by atomic mass is 10.2. The molecule has 158 valence electrons. The minimum atomic E-state index is -0.107. The second-order valence-corrected chi connectivity index (χ2v) is 8.08. The fourth-order valence-corrected chi connectivity index (χ4v) is 4.16. The Kier molecular flexibility index (Phi) is 6.79. The van der Waals surface area contributed by atoms with Gasteiger partial charge in [-0.05, 0) is 55.5 Å². The van der Waals surface area contributed by atoms with Gasteiger partial charge in [0.2, 0.25) is 0 Å². The Balaban J connectivity index is 1.62. The summed E-state index contributed by atoms with van der Waals surface area (Å²) in [5.74, 6) is 2.00. The molecule has 0 fully saturated rings. The molecule has 1 aromatic heterocycles. The first-order chi connectivity index (χ1) is 15.2. The maximum atomic E-state index is 13.3. The molecule has 7 heteroatoms. The number of thioether (sulfide) groups is 1. The number of nitrogens with zero attached hydrogens (tertiary/aromatic N) is 2. The largest absolute Gasteiger partial charge is 0.494 e. The van der Waals surface area contributed by atoms with Gasteiger partial charge in [0, 0.05) is 5.75 Å². The fourth-order valence-electron chi connectivity index (χ4n) is 3.14. The number of fused-ring (bicyclic) bond motifs is 1. The molecule has 0 unspecified atom stereocenters. The van der Waals surface area contributed by atoms with Gasteiger partial charge in [-0.2, -0.15) is 0 Å². The number of halogens is 1. The molecule has 4 aromatic rings. The minimum absolute atomic E-state index is 0.107. The van der Waals surface area contributed by atoms with E-state index in [0.717, 1.165) is 11.4 Å². The molecule has 0 aliphatic carbocycles. The smallest absolute Gasteiger partial charge is 0.266 e. The van der Waals surface area contributed by atoms with E-state index in [4.69, 9.17) is 26.1 Å². The summed E-state index contributed by atoms with van der Waals surface area (Å²) in [6, 6.07) is 22.2. The van der Waals surface area contributed by atoms with Crippen molar-refractivity contribution in [2.75, 3.05) is 19.0 Å². The summed E-state index contributed by atoms with van der Waals surface area (Å²) >= 11 is 7.61. The van der Waals surface area contributed by atoms with Crippen LogP contribution in [-0.4, -0.2) is 28.5 Å². The molecule has 0 spiro atoms. The highest BCUT2D eigenvalue weighted by molar-refractivity contribution is 7.99. The van der Waals surface area contributed by atoms with E-state index in [0.29, 0.717) is 45.8 Å². The van der Waals surface area contributed by atoms with Crippen LogP contribution in [0.15, 0.2) is 82.7 Å². The summed E-state index contributed by atoms with van der Waals surface area (Å²) in [5, 5.41) is 1.76. The van der Waals surface area contributed by atoms with Crippen molar-refractivity contribution in [3.05, 3.63) is 88.2 Å². The maximum absolute atomic E-state index is 13.3. The predicted molar refractivity (Wildman–Crippen MR) is 126 cm³/mol. The third-order valence-corrected chi connectivity index (χ3v) is 5.77. The molecule has 0 saturated carbocycles. The number of aromatic nitrogens is 2. The third-order valence-electron chi connectivity index (χ3n) is 4.56. The Labute approximate surface area is 189 Å². The lowest BCUT2D eigenvalue weighted by molar-refractivity contribution is 0.340. The van der Waals surface area contributed by atoms with E-state index in [1.165, 1.54) is 11.8 Å². The monoisotopic (exact) mass is 452 g/mol. The second kappa shape index (κ2) is 9.90. The van der Waals surface area contributed by atoms with Gasteiger partial charge in [-0.15, -0.1) is 0 Å². The molecule has 31 heavy (non-hydrogen) atoms. The van der Waals surface area contributed by atoms with E-state index < -0.39 is 0 Å². The highest BCUT2D eigenvalue weighted by atomic mass is 35.5. The first-order valence-electron chi connectivity index (χ1n) is 9.92. The second-order valence-electron chi connectivity index (χ2n) is 6.61. The normalized spacial score (nSPS) is 10.9. The molecule has 0 saturated heterocycles. The lowest BCUT2D eigenvalue weighted by Crippen LogP contribution is -2.22. The third kappa shape index (κ3) is 4.86. The van der Waals surface area contributed by atoms with Crippen molar-refractivity contribution in [3.63, 3.8) is 0 Å². The Morgan fingerprint density at radius 1 is 0.968 bits per heavy atom. The van der Waals surface area contributed by atoms with E-state index in [1.807, 2.05) is 67.6 Å². The van der Waals surface area contributed by atoms with Crippen molar-refractivity contribution in [3.8, 4) is 17.2 Å². The quantitative estimate of drug-likeness (QED) is 0.197. The molecule has 0 atom stereocenters. The summed E-state index contributed by atoms with van der Waals surface area (Å²) in [7, 11) is 0. The van der Waals surface area contributed by atoms with E-state index >= 15 is 0 Å². The van der Waals surface area contributed by atoms with Gasteiger partial charge < -0.3 is 9.47 Å². The molecule has 5 nitrogen and oxygen atoms in total.